The van der Waals surface area contributed by atoms with Gasteiger partial charge >= 0.3 is 69.5 Å². The zero-order valence-corrected chi connectivity index (χ0v) is 22.8. The van der Waals surface area contributed by atoms with Gasteiger partial charge in [-0.2, -0.15) is 0 Å². The van der Waals surface area contributed by atoms with E-state index >= 15 is 0 Å². The summed E-state index contributed by atoms with van der Waals surface area (Å²) in [6.07, 6.45) is 8.03. The fraction of sp³-hybridized carbons (Fsp3) is 0.905. The Balaban J connectivity index is 0. The first-order valence-electron chi connectivity index (χ1n) is 10.5. The molecule has 0 fully saturated rings. The molecule has 0 spiro atoms. The van der Waals surface area contributed by atoms with E-state index in [4.69, 9.17) is 14.6 Å². The van der Waals surface area contributed by atoms with E-state index in [1.165, 1.54) is 25.7 Å². The Bertz CT molecular complexity index is 351. The van der Waals surface area contributed by atoms with E-state index in [1.54, 1.807) is 21.0 Å². The molecule has 0 aromatic rings. The molecule has 0 rings (SSSR count). The van der Waals surface area contributed by atoms with E-state index in [0.29, 0.717) is 6.42 Å². The Hall–Kier alpha value is 0.596. The molecule has 2 atom stereocenters. The van der Waals surface area contributed by atoms with Gasteiger partial charge in [0.25, 0.3) is 0 Å². The van der Waals surface area contributed by atoms with Crippen molar-refractivity contribution in [3.8, 4) is 0 Å². The Morgan fingerprint density at radius 2 is 1.56 bits per heavy atom. The average molecular weight is 509 g/mol. The van der Waals surface area contributed by atoms with Gasteiger partial charge in [-0.15, -0.1) is 0 Å². The fourth-order valence-corrected chi connectivity index (χ4v) is 6.94. The van der Waals surface area contributed by atoms with Crippen molar-refractivity contribution in [1.29, 1.82) is 0 Å². The van der Waals surface area contributed by atoms with Crippen molar-refractivity contribution >= 4 is 29.5 Å². The summed E-state index contributed by atoms with van der Waals surface area (Å²) < 4.78 is 9.12. The van der Waals surface area contributed by atoms with Gasteiger partial charge in [0.2, 0.25) is 0 Å². The maximum absolute atomic E-state index is 9.73. The molecule has 162 valence electrons. The summed E-state index contributed by atoms with van der Waals surface area (Å²) in [7, 11) is -1.82. The molecule has 0 aliphatic heterocycles. The minimum atomic E-state index is -1.82. The molecule has 4 nitrogen and oxygen atoms in total. The van der Waals surface area contributed by atoms with Crippen LogP contribution in [0.5, 0.6) is 0 Å². The summed E-state index contributed by atoms with van der Waals surface area (Å²) in [4.78, 5) is 0. The first-order valence-corrected chi connectivity index (χ1v) is 17.4. The third-order valence-corrected chi connectivity index (χ3v) is 13.3. The summed E-state index contributed by atoms with van der Waals surface area (Å²) in [6.45, 7) is 15.3. The second kappa shape index (κ2) is 17.5. The van der Waals surface area contributed by atoms with E-state index in [2.05, 4.69) is 47.7 Å². The quantitative estimate of drug-likeness (QED) is 0.190. The van der Waals surface area contributed by atoms with Gasteiger partial charge < -0.3 is 19.7 Å². The van der Waals surface area contributed by atoms with Crippen LogP contribution in [-0.4, -0.2) is 70.2 Å². The molecule has 0 aromatic carbocycles. The van der Waals surface area contributed by atoms with E-state index in [0.717, 1.165) is 0 Å². The first kappa shape index (κ1) is 29.8. The molecule has 0 unspecified atom stereocenters. The Morgan fingerprint density at radius 3 is 1.96 bits per heavy atom. The van der Waals surface area contributed by atoms with E-state index < -0.39 is 20.5 Å². The third-order valence-electron chi connectivity index (χ3n) is 4.81. The number of hydrogen-bond donors (Lipinski definition) is 3. The molecular weight excluding hydrogens is 463 g/mol. The van der Waals surface area contributed by atoms with Crippen molar-refractivity contribution in [3.05, 3.63) is 12.2 Å². The Kier molecular flexibility index (Phi) is 19.3. The molecule has 6 heteroatoms. The fourth-order valence-electron chi connectivity index (χ4n) is 1.76. The van der Waals surface area contributed by atoms with Crippen molar-refractivity contribution in [2.24, 2.45) is 0 Å². The number of aliphatic hydroxyl groups excluding tert-OH is 3. The van der Waals surface area contributed by atoms with Crippen LogP contribution >= 0.6 is 0 Å². The van der Waals surface area contributed by atoms with Crippen LogP contribution in [0.2, 0.25) is 27.0 Å². The van der Waals surface area contributed by atoms with Crippen molar-refractivity contribution in [3.63, 3.8) is 0 Å². The Morgan fingerprint density at radius 1 is 1.04 bits per heavy atom. The van der Waals surface area contributed by atoms with Crippen LogP contribution in [0.1, 0.15) is 66.7 Å². The van der Waals surface area contributed by atoms with Crippen molar-refractivity contribution in [2.75, 3.05) is 13.2 Å². The molecular formula is C21H46O4SiSn. The van der Waals surface area contributed by atoms with Gasteiger partial charge in [0, 0.05) is 0 Å². The molecule has 0 aliphatic carbocycles. The molecule has 0 saturated heterocycles. The number of hydrogen-bond acceptors (Lipinski definition) is 4. The topological polar surface area (TPSA) is 69.9 Å². The predicted octanol–water partition coefficient (Wildman–Crippen LogP) is 4.80. The standard InChI is InChI=1S/C13H28O4Si.2C4H9.Sn/c1-13(2,3)18(4,5)17-10-12(16)8-6-7-11(15)9-14;2*1-3-4-2;/h6,8,11-12,14-16H,7,9-10H2,1-5H3;2*1,3-4H2,2H3;/b8-6-;;;/t11-,12-;;;/m0.../s1. The number of rotatable bonds is 13. The molecule has 0 saturated carbocycles. The van der Waals surface area contributed by atoms with Gasteiger partial charge in [0.05, 0.1) is 25.4 Å². The van der Waals surface area contributed by atoms with Crippen molar-refractivity contribution in [2.45, 2.75) is 106 Å². The molecule has 27 heavy (non-hydrogen) atoms. The van der Waals surface area contributed by atoms with E-state index in [1.807, 2.05) is 0 Å². The van der Waals surface area contributed by atoms with Gasteiger partial charge in [-0.3, -0.25) is 0 Å². The summed E-state index contributed by atoms with van der Waals surface area (Å²) in [5.41, 5.74) is 0. The maximum atomic E-state index is 9.73. The molecule has 0 bridgehead atoms. The zero-order chi connectivity index (χ0) is 21.3. The van der Waals surface area contributed by atoms with Crippen LogP contribution in [0.4, 0.5) is 0 Å². The SMILES string of the molecule is CC(C)(C)[Si](C)(C)OC[C@@H](O)/C=C\C[C@H](O)CO.CCC[CH2][Sn][CH2]CCC. The van der Waals surface area contributed by atoms with Gasteiger partial charge in [-0.1, -0.05) is 32.9 Å². The predicted molar refractivity (Wildman–Crippen MR) is 121 cm³/mol. The van der Waals surface area contributed by atoms with Crippen LogP contribution in [0.3, 0.4) is 0 Å². The van der Waals surface area contributed by atoms with Crippen LogP contribution in [-0.2, 0) is 4.43 Å². The second-order valence-electron chi connectivity index (χ2n) is 8.60. The van der Waals surface area contributed by atoms with Crippen molar-refractivity contribution in [1.82, 2.24) is 0 Å². The summed E-state index contributed by atoms with van der Waals surface area (Å²) in [6, 6.07) is 0. The minimum absolute atomic E-state index is 0.128. The van der Waals surface area contributed by atoms with Gasteiger partial charge in [0.15, 0.2) is 8.32 Å². The molecule has 0 amide bonds. The van der Waals surface area contributed by atoms with E-state index in [-0.39, 0.29) is 39.4 Å². The van der Waals surface area contributed by atoms with Crippen molar-refractivity contribution < 1.29 is 19.7 Å². The van der Waals surface area contributed by atoms with Crippen LogP contribution in [0.15, 0.2) is 12.2 Å². The Labute approximate surface area is 180 Å². The number of aliphatic hydroxyl groups is 3. The molecule has 0 aromatic heterocycles. The molecule has 3 N–H and O–H groups in total. The van der Waals surface area contributed by atoms with E-state index in [9.17, 15) is 5.11 Å². The number of unbranched alkanes of at least 4 members (excludes halogenated alkanes) is 2. The summed E-state index contributed by atoms with van der Waals surface area (Å²) in [5, 5.41) is 27.6. The van der Waals surface area contributed by atoms with Crippen LogP contribution in [0, 0.1) is 0 Å². The summed E-state index contributed by atoms with van der Waals surface area (Å²) in [5.74, 6) is 0. The van der Waals surface area contributed by atoms with Crippen LogP contribution < -0.4 is 0 Å². The van der Waals surface area contributed by atoms with Gasteiger partial charge in [-0.25, -0.2) is 0 Å². The average Bonchev–Trinajstić information content (AvgIpc) is 2.59. The first-order chi connectivity index (χ1) is 12.5. The van der Waals surface area contributed by atoms with Gasteiger partial charge in [0.1, 0.15) is 0 Å². The molecule has 2 radical (unpaired) electrons. The second-order valence-corrected chi connectivity index (χ2v) is 17.7. The normalized spacial score (nSPS) is 14.7. The van der Waals surface area contributed by atoms with Crippen LogP contribution in [0.25, 0.3) is 0 Å². The summed E-state index contributed by atoms with van der Waals surface area (Å²) >= 11 is 0.149. The monoisotopic (exact) mass is 510 g/mol. The zero-order valence-electron chi connectivity index (χ0n) is 18.9. The molecule has 0 aliphatic rings. The molecule has 0 heterocycles. The van der Waals surface area contributed by atoms with Gasteiger partial charge in [-0.05, 0) is 24.6 Å². The third kappa shape index (κ3) is 18.4.